The number of nitrogens with zero attached hydrogens (tertiary/aromatic N) is 2. The normalized spacial score (nSPS) is 13.8. The molecule has 0 aromatic carbocycles. The summed E-state index contributed by atoms with van der Waals surface area (Å²) in [5.74, 6) is 1.37. The van der Waals surface area contributed by atoms with Crippen molar-refractivity contribution in [1.29, 1.82) is 0 Å². The Hall–Kier alpha value is -1.20. The van der Waals surface area contributed by atoms with Gasteiger partial charge in [-0.05, 0) is 23.9 Å². The lowest BCUT2D eigenvalue weighted by Gasteiger charge is -2.29. The monoisotopic (exact) mass is 265 g/mol. The summed E-state index contributed by atoms with van der Waals surface area (Å²) in [5, 5.41) is 9.34. The molecule has 0 bridgehead atoms. The molecule has 0 saturated carbocycles. The highest BCUT2D eigenvalue weighted by Crippen LogP contribution is 2.24. The summed E-state index contributed by atoms with van der Waals surface area (Å²) in [6.45, 7) is 6.60. The van der Waals surface area contributed by atoms with E-state index in [0.29, 0.717) is 17.8 Å². The fourth-order valence-electron chi connectivity index (χ4n) is 1.86. The fourth-order valence-corrected chi connectivity index (χ4v) is 2.51. The molecule has 98 valence electrons. The molecule has 0 fully saturated rings. The maximum absolute atomic E-state index is 5.32. The van der Waals surface area contributed by atoms with Crippen molar-refractivity contribution in [3.05, 3.63) is 23.4 Å². The first-order valence-electron chi connectivity index (χ1n) is 6.04. The minimum Gasteiger partial charge on any atom is -0.339 e. The summed E-state index contributed by atoms with van der Waals surface area (Å²) < 4.78 is 5.32. The van der Waals surface area contributed by atoms with Gasteiger partial charge < -0.3 is 9.84 Å². The van der Waals surface area contributed by atoms with Crippen LogP contribution in [0.2, 0.25) is 0 Å². The number of aromatic nitrogens is 2. The minimum absolute atomic E-state index is 0.159. The lowest BCUT2D eigenvalue weighted by Crippen LogP contribution is -2.39. The highest BCUT2D eigenvalue weighted by Gasteiger charge is 2.25. The molecule has 1 N–H and O–H groups in total. The number of hydrogen-bond acceptors (Lipinski definition) is 5. The van der Waals surface area contributed by atoms with E-state index >= 15 is 0 Å². The minimum atomic E-state index is 0.159. The molecule has 0 radical (unpaired) electrons. The Morgan fingerprint density at radius 3 is 2.78 bits per heavy atom. The van der Waals surface area contributed by atoms with Crippen LogP contribution in [0, 0.1) is 5.41 Å². The van der Waals surface area contributed by atoms with Crippen molar-refractivity contribution in [2.75, 3.05) is 7.05 Å². The van der Waals surface area contributed by atoms with E-state index < -0.39 is 0 Å². The Labute approximate surface area is 111 Å². The number of thiophene rings is 1. The van der Waals surface area contributed by atoms with Crippen molar-refractivity contribution in [3.8, 4) is 10.7 Å². The SMILES string of the molecule is CNC(Cc1nc(-c2cccs2)no1)C(C)(C)C. The lowest BCUT2D eigenvalue weighted by atomic mass is 9.85. The highest BCUT2D eigenvalue weighted by molar-refractivity contribution is 7.13. The number of likely N-dealkylation sites (N-methyl/N-ethyl adjacent to an activating group) is 1. The third-order valence-electron chi connectivity index (χ3n) is 2.98. The average Bonchev–Trinajstić information content (AvgIpc) is 2.94. The van der Waals surface area contributed by atoms with Gasteiger partial charge in [-0.25, -0.2) is 0 Å². The average molecular weight is 265 g/mol. The van der Waals surface area contributed by atoms with Crippen LogP contribution in [0.25, 0.3) is 10.7 Å². The van der Waals surface area contributed by atoms with Crippen LogP contribution in [-0.2, 0) is 6.42 Å². The molecule has 0 saturated heterocycles. The summed E-state index contributed by atoms with van der Waals surface area (Å²) in [6, 6.07) is 4.30. The zero-order valence-electron chi connectivity index (χ0n) is 11.2. The second-order valence-corrected chi connectivity index (χ2v) is 6.35. The van der Waals surface area contributed by atoms with Crippen LogP contribution in [0.5, 0.6) is 0 Å². The van der Waals surface area contributed by atoms with E-state index in [1.807, 2.05) is 24.6 Å². The molecule has 0 aliphatic rings. The molecule has 18 heavy (non-hydrogen) atoms. The molecular formula is C13H19N3OS. The van der Waals surface area contributed by atoms with E-state index in [0.717, 1.165) is 11.3 Å². The molecular weight excluding hydrogens is 246 g/mol. The van der Waals surface area contributed by atoms with E-state index in [1.54, 1.807) is 11.3 Å². The highest BCUT2D eigenvalue weighted by atomic mass is 32.1. The van der Waals surface area contributed by atoms with Crippen LogP contribution in [-0.4, -0.2) is 23.2 Å². The third-order valence-corrected chi connectivity index (χ3v) is 3.85. The van der Waals surface area contributed by atoms with E-state index in [9.17, 15) is 0 Å². The second kappa shape index (κ2) is 5.20. The maximum atomic E-state index is 5.32. The Balaban J connectivity index is 2.11. The van der Waals surface area contributed by atoms with Gasteiger partial charge in [0.05, 0.1) is 4.88 Å². The Morgan fingerprint density at radius 1 is 1.44 bits per heavy atom. The van der Waals surface area contributed by atoms with Crippen molar-refractivity contribution in [2.45, 2.75) is 33.2 Å². The van der Waals surface area contributed by atoms with Crippen molar-refractivity contribution in [1.82, 2.24) is 15.5 Å². The first-order chi connectivity index (χ1) is 8.50. The third kappa shape index (κ3) is 2.97. The zero-order valence-corrected chi connectivity index (χ0v) is 12.0. The summed E-state index contributed by atoms with van der Waals surface area (Å²) in [6.07, 6.45) is 0.748. The molecule has 0 aliphatic heterocycles. The van der Waals surface area contributed by atoms with Crippen LogP contribution >= 0.6 is 11.3 Å². The number of rotatable bonds is 4. The van der Waals surface area contributed by atoms with Crippen molar-refractivity contribution in [3.63, 3.8) is 0 Å². The molecule has 1 unspecified atom stereocenters. The fraction of sp³-hybridized carbons (Fsp3) is 0.538. The van der Waals surface area contributed by atoms with Gasteiger partial charge in [-0.1, -0.05) is 32.0 Å². The van der Waals surface area contributed by atoms with E-state index in [4.69, 9.17) is 4.52 Å². The van der Waals surface area contributed by atoms with Gasteiger partial charge in [0.15, 0.2) is 0 Å². The predicted octanol–water partition coefficient (Wildman–Crippen LogP) is 2.97. The molecule has 0 amide bonds. The summed E-state index contributed by atoms with van der Waals surface area (Å²) in [4.78, 5) is 5.49. The molecule has 0 aliphatic carbocycles. The standard InChI is InChI=1S/C13H19N3OS/c1-13(2,3)10(14-4)8-11-15-12(16-17-11)9-6-5-7-18-9/h5-7,10,14H,8H2,1-4H3. The van der Waals surface area contributed by atoms with E-state index in [2.05, 4.69) is 36.2 Å². The molecule has 1 atom stereocenters. The zero-order chi connectivity index (χ0) is 13.2. The molecule has 2 aromatic rings. The quantitative estimate of drug-likeness (QED) is 0.923. The van der Waals surface area contributed by atoms with Crippen molar-refractivity contribution in [2.24, 2.45) is 5.41 Å². The van der Waals surface area contributed by atoms with Gasteiger partial charge in [0.25, 0.3) is 0 Å². The van der Waals surface area contributed by atoms with Crippen molar-refractivity contribution >= 4 is 11.3 Å². The first-order valence-corrected chi connectivity index (χ1v) is 6.92. The smallest absolute Gasteiger partial charge is 0.228 e. The predicted molar refractivity (Wildman–Crippen MR) is 73.6 cm³/mol. The van der Waals surface area contributed by atoms with Crippen molar-refractivity contribution < 1.29 is 4.52 Å². The summed E-state index contributed by atoms with van der Waals surface area (Å²) >= 11 is 1.62. The Morgan fingerprint density at radius 2 is 2.22 bits per heavy atom. The van der Waals surface area contributed by atoms with Gasteiger partial charge in [0.1, 0.15) is 0 Å². The van der Waals surface area contributed by atoms with Crippen LogP contribution in [0.3, 0.4) is 0 Å². The molecule has 2 aromatic heterocycles. The van der Waals surface area contributed by atoms with Crippen LogP contribution in [0.1, 0.15) is 26.7 Å². The molecule has 2 rings (SSSR count). The largest absolute Gasteiger partial charge is 0.339 e. The first kappa shape index (κ1) is 13.2. The summed E-state index contributed by atoms with van der Waals surface area (Å²) in [7, 11) is 1.96. The molecule has 5 heteroatoms. The van der Waals surface area contributed by atoms with Crippen LogP contribution in [0.4, 0.5) is 0 Å². The van der Waals surface area contributed by atoms with Crippen LogP contribution < -0.4 is 5.32 Å². The van der Waals surface area contributed by atoms with E-state index in [1.165, 1.54) is 0 Å². The number of hydrogen-bond donors (Lipinski definition) is 1. The lowest BCUT2D eigenvalue weighted by molar-refractivity contribution is 0.255. The van der Waals surface area contributed by atoms with E-state index in [-0.39, 0.29) is 5.41 Å². The Kier molecular flexibility index (Phi) is 3.82. The van der Waals surface area contributed by atoms with Gasteiger partial charge in [-0.15, -0.1) is 11.3 Å². The number of nitrogens with one attached hydrogen (secondary N) is 1. The van der Waals surface area contributed by atoms with Crippen LogP contribution in [0.15, 0.2) is 22.0 Å². The van der Waals surface area contributed by atoms with Gasteiger partial charge in [-0.2, -0.15) is 4.98 Å². The summed E-state index contributed by atoms with van der Waals surface area (Å²) in [5.41, 5.74) is 0.159. The maximum Gasteiger partial charge on any atom is 0.228 e. The topological polar surface area (TPSA) is 51.0 Å². The molecule has 2 heterocycles. The second-order valence-electron chi connectivity index (χ2n) is 5.40. The van der Waals surface area contributed by atoms with Gasteiger partial charge in [-0.3, -0.25) is 0 Å². The van der Waals surface area contributed by atoms with Gasteiger partial charge in [0, 0.05) is 12.5 Å². The molecule has 4 nitrogen and oxygen atoms in total. The van der Waals surface area contributed by atoms with Gasteiger partial charge >= 0.3 is 0 Å². The molecule has 0 spiro atoms. The van der Waals surface area contributed by atoms with Gasteiger partial charge in [0.2, 0.25) is 11.7 Å². The Bertz CT molecular complexity index is 485.